The minimum absolute atomic E-state index is 0.120. The number of rotatable bonds is 5. The second kappa shape index (κ2) is 5.27. The van der Waals surface area contributed by atoms with Crippen molar-refractivity contribution in [3.05, 3.63) is 54.8 Å². The Hall–Kier alpha value is -2.42. The lowest BCUT2D eigenvalue weighted by atomic mass is 10.1. The van der Waals surface area contributed by atoms with Crippen LogP contribution in [0.5, 0.6) is 0 Å². The van der Waals surface area contributed by atoms with E-state index in [0.717, 1.165) is 22.5 Å². The lowest BCUT2D eigenvalue weighted by Crippen LogP contribution is -2.01. The number of carbonyl (C=O) groups excluding carboxylic acids is 2. The van der Waals surface area contributed by atoms with E-state index in [2.05, 4.69) is 11.6 Å². The molecule has 0 aliphatic heterocycles. The van der Waals surface area contributed by atoms with E-state index in [0.29, 0.717) is 0 Å². The van der Waals surface area contributed by atoms with Gasteiger partial charge in [0.1, 0.15) is 0 Å². The van der Waals surface area contributed by atoms with Gasteiger partial charge in [-0.3, -0.25) is 9.59 Å². The van der Waals surface area contributed by atoms with Crippen molar-refractivity contribution in [2.75, 3.05) is 0 Å². The van der Waals surface area contributed by atoms with Gasteiger partial charge in [-0.2, -0.15) is 0 Å². The summed E-state index contributed by atoms with van der Waals surface area (Å²) in [5, 5.41) is 1.13. The van der Waals surface area contributed by atoms with Crippen molar-refractivity contribution >= 4 is 28.5 Å². The Balaban J connectivity index is 2.10. The van der Waals surface area contributed by atoms with E-state index in [1.807, 2.05) is 30.5 Å². The Labute approximate surface area is 105 Å². The van der Waals surface area contributed by atoms with Crippen LogP contribution in [0.2, 0.25) is 0 Å². The molecule has 0 aliphatic rings. The third kappa shape index (κ3) is 2.83. The average Bonchev–Trinajstić information content (AvgIpc) is 2.83. The van der Waals surface area contributed by atoms with Crippen molar-refractivity contribution in [2.24, 2.45) is 0 Å². The standard InChI is InChI=1S/C15H13NO2/c1-2-13(17)10-14(18)6-4-11-3-5-12-7-8-16-15(12)9-11/h2-9,16H,1,10H2. The van der Waals surface area contributed by atoms with E-state index in [-0.39, 0.29) is 18.0 Å². The van der Waals surface area contributed by atoms with Crippen molar-refractivity contribution in [2.45, 2.75) is 6.42 Å². The molecule has 0 saturated heterocycles. The molecular weight excluding hydrogens is 226 g/mol. The predicted molar refractivity (Wildman–Crippen MR) is 72.2 cm³/mol. The summed E-state index contributed by atoms with van der Waals surface area (Å²) < 4.78 is 0. The number of carbonyl (C=O) groups is 2. The van der Waals surface area contributed by atoms with Crippen molar-refractivity contribution in [1.82, 2.24) is 4.98 Å². The van der Waals surface area contributed by atoms with Crippen LogP contribution in [0.4, 0.5) is 0 Å². The minimum Gasteiger partial charge on any atom is -0.361 e. The van der Waals surface area contributed by atoms with Gasteiger partial charge < -0.3 is 4.98 Å². The molecule has 0 aliphatic carbocycles. The summed E-state index contributed by atoms with van der Waals surface area (Å²) in [4.78, 5) is 25.5. The van der Waals surface area contributed by atoms with Crippen LogP contribution in [0.15, 0.2) is 49.2 Å². The molecule has 0 bridgehead atoms. The predicted octanol–water partition coefficient (Wildman–Crippen LogP) is 2.90. The first-order valence-electron chi connectivity index (χ1n) is 5.62. The van der Waals surface area contributed by atoms with Crippen LogP contribution in [0.3, 0.4) is 0 Å². The fourth-order valence-corrected chi connectivity index (χ4v) is 1.66. The molecule has 0 fully saturated rings. The van der Waals surface area contributed by atoms with Crippen molar-refractivity contribution < 1.29 is 9.59 Å². The number of H-pyrrole nitrogens is 1. The smallest absolute Gasteiger partial charge is 0.163 e. The molecule has 0 amide bonds. The van der Waals surface area contributed by atoms with E-state index in [9.17, 15) is 9.59 Å². The molecule has 0 radical (unpaired) electrons. The van der Waals surface area contributed by atoms with E-state index < -0.39 is 0 Å². The molecule has 90 valence electrons. The Morgan fingerprint density at radius 2 is 2.06 bits per heavy atom. The number of nitrogens with one attached hydrogen (secondary N) is 1. The van der Waals surface area contributed by atoms with Crippen LogP contribution < -0.4 is 0 Å². The van der Waals surface area contributed by atoms with Crippen LogP contribution >= 0.6 is 0 Å². The van der Waals surface area contributed by atoms with Gasteiger partial charge in [0, 0.05) is 11.7 Å². The largest absolute Gasteiger partial charge is 0.361 e. The molecule has 0 atom stereocenters. The molecule has 1 N–H and O–H groups in total. The normalized spacial score (nSPS) is 10.9. The van der Waals surface area contributed by atoms with Gasteiger partial charge in [-0.25, -0.2) is 0 Å². The zero-order valence-corrected chi connectivity index (χ0v) is 9.85. The van der Waals surface area contributed by atoms with E-state index in [1.165, 1.54) is 6.08 Å². The fourth-order valence-electron chi connectivity index (χ4n) is 1.66. The van der Waals surface area contributed by atoms with Crippen LogP contribution in [-0.2, 0) is 9.59 Å². The highest BCUT2D eigenvalue weighted by Crippen LogP contribution is 2.15. The van der Waals surface area contributed by atoms with Gasteiger partial charge in [-0.15, -0.1) is 0 Å². The summed E-state index contributed by atoms with van der Waals surface area (Å²) in [6, 6.07) is 7.84. The Bertz CT molecular complexity index is 635. The number of aromatic amines is 1. The second-order valence-electron chi connectivity index (χ2n) is 3.97. The number of ketones is 2. The number of benzene rings is 1. The van der Waals surface area contributed by atoms with Gasteiger partial charge in [-0.05, 0) is 35.2 Å². The minimum atomic E-state index is -0.260. The zero-order valence-electron chi connectivity index (χ0n) is 9.85. The summed E-state index contributed by atoms with van der Waals surface area (Å²) in [6.45, 7) is 3.33. The highest BCUT2D eigenvalue weighted by molar-refractivity contribution is 6.09. The molecule has 2 aromatic rings. The third-order valence-electron chi connectivity index (χ3n) is 2.62. The maximum Gasteiger partial charge on any atom is 0.163 e. The van der Waals surface area contributed by atoms with Gasteiger partial charge in [0.15, 0.2) is 11.6 Å². The van der Waals surface area contributed by atoms with Crippen LogP contribution in [0.25, 0.3) is 17.0 Å². The quantitative estimate of drug-likeness (QED) is 0.644. The summed E-state index contributed by atoms with van der Waals surface area (Å²) in [5.41, 5.74) is 1.94. The Morgan fingerprint density at radius 1 is 1.22 bits per heavy atom. The summed E-state index contributed by atoms with van der Waals surface area (Å²) in [5.74, 6) is -0.476. The molecule has 3 nitrogen and oxygen atoms in total. The molecule has 1 aromatic heterocycles. The van der Waals surface area contributed by atoms with Gasteiger partial charge in [0.25, 0.3) is 0 Å². The first-order chi connectivity index (χ1) is 8.69. The highest BCUT2D eigenvalue weighted by Gasteiger charge is 2.02. The highest BCUT2D eigenvalue weighted by atomic mass is 16.1. The Kier molecular flexibility index (Phi) is 3.53. The van der Waals surface area contributed by atoms with Crippen LogP contribution in [-0.4, -0.2) is 16.6 Å². The molecular formula is C15H13NO2. The molecule has 3 heteroatoms. The van der Waals surface area contributed by atoms with Crippen LogP contribution in [0.1, 0.15) is 12.0 Å². The summed E-state index contributed by atoms with van der Waals surface area (Å²) in [6.07, 6.45) is 6.04. The van der Waals surface area contributed by atoms with Crippen molar-refractivity contribution in [1.29, 1.82) is 0 Å². The average molecular weight is 239 g/mol. The van der Waals surface area contributed by atoms with E-state index in [1.54, 1.807) is 6.08 Å². The molecule has 0 unspecified atom stereocenters. The zero-order chi connectivity index (χ0) is 13.0. The lowest BCUT2D eigenvalue weighted by molar-refractivity contribution is -0.121. The molecule has 0 spiro atoms. The van der Waals surface area contributed by atoms with E-state index in [4.69, 9.17) is 0 Å². The molecule has 1 heterocycles. The second-order valence-corrected chi connectivity index (χ2v) is 3.97. The van der Waals surface area contributed by atoms with Gasteiger partial charge >= 0.3 is 0 Å². The first kappa shape index (κ1) is 12.0. The van der Waals surface area contributed by atoms with Crippen molar-refractivity contribution in [3.63, 3.8) is 0 Å². The molecule has 2 rings (SSSR count). The molecule has 1 aromatic carbocycles. The van der Waals surface area contributed by atoms with Crippen molar-refractivity contribution in [3.8, 4) is 0 Å². The maximum atomic E-state index is 11.4. The number of allylic oxidation sites excluding steroid dienone is 2. The fraction of sp³-hybridized carbons (Fsp3) is 0.0667. The van der Waals surface area contributed by atoms with Gasteiger partial charge in [0.05, 0.1) is 6.42 Å². The topological polar surface area (TPSA) is 49.9 Å². The first-order valence-corrected chi connectivity index (χ1v) is 5.62. The monoisotopic (exact) mass is 239 g/mol. The SMILES string of the molecule is C=CC(=O)CC(=O)C=Cc1ccc2cc[nH]c2c1. The number of fused-ring (bicyclic) bond motifs is 1. The van der Waals surface area contributed by atoms with Gasteiger partial charge in [0.2, 0.25) is 0 Å². The summed E-state index contributed by atoms with van der Waals surface area (Å²) in [7, 11) is 0. The third-order valence-corrected chi connectivity index (χ3v) is 2.62. The Morgan fingerprint density at radius 3 is 2.83 bits per heavy atom. The van der Waals surface area contributed by atoms with Gasteiger partial charge in [-0.1, -0.05) is 24.8 Å². The van der Waals surface area contributed by atoms with E-state index >= 15 is 0 Å². The molecule has 0 saturated carbocycles. The number of hydrogen-bond donors (Lipinski definition) is 1. The number of hydrogen-bond acceptors (Lipinski definition) is 2. The van der Waals surface area contributed by atoms with Crippen LogP contribution in [0, 0.1) is 0 Å². The lowest BCUT2D eigenvalue weighted by Gasteiger charge is -1.94. The summed E-state index contributed by atoms with van der Waals surface area (Å²) >= 11 is 0. The maximum absolute atomic E-state index is 11.4. The molecule has 18 heavy (non-hydrogen) atoms. The number of aromatic nitrogens is 1.